The zero-order valence-electron chi connectivity index (χ0n) is 15.4. The van der Waals surface area contributed by atoms with Gasteiger partial charge in [0.05, 0.1) is 33.8 Å². The molecule has 1 amide bonds. The van der Waals surface area contributed by atoms with Gasteiger partial charge < -0.3 is 4.57 Å². The molecule has 150 valence electrons. The Morgan fingerprint density at radius 1 is 1.24 bits per heavy atom. The van der Waals surface area contributed by atoms with Crippen LogP contribution in [0.3, 0.4) is 0 Å². The van der Waals surface area contributed by atoms with Gasteiger partial charge in [-0.2, -0.15) is 4.99 Å². The summed E-state index contributed by atoms with van der Waals surface area (Å²) < 4.78 is 53.0. The molecule has 0 atom stereocenters. The van der Waals surface area contributed by atoms with E-state index >= 15 is 0 Å². The van der Waals surface area contributed by atoms with E-state index in [2.05, 4.69) is 10.9 Å². The first-order valence-electron chi connectivity index (χ1n) is 8.56. The number of amides is 1. The number of sulfone groups is 1. The molecule has 0 radical (unpaired) electrons. The third-order valence-corrected chi connectivity index (χ3v) is 6.96. The minimum absolute atomic E-state index is 0.0150. The molecule has 29 heavy (non-hydrogen) atoms. The maximum Gasteiger partial charge on any atom is 0.252 e. The van der Waals surface area contributed by atoms with Crippen molar-refractivity contribution in [1.29, 1.82) is 0 Å². The molecule has 0 aliphatic rings. The lowest BCUT2D eigenvalue weighted by Crippen LogP contribution is -2.17. The fourth-order valence-corrected chi connectivity index (χ4v) is 4.72. The monoisotopic (exact) mass is 434 g/mol. The Hall–Kier alpha value is -2.83. The summed E-state index contributed by atoms with van der Waals surface area (Å²) in [6.07, 6.45) is 5.26. The van der Waals surface area contributed by atoms with Crippen LogP contribution in [0.5, 0.6) is 0 Å². The third-order valence-electron chi connectivity index (χ3n) is 4.18. The van der Waals surface area contributed by atoms with E-state index in [1.807, 2.05) is 0 Å². The van der Waals surface area contributed by atoms with Gasteiger partial charge in [-0.15, -0.1) is 6.42 Å². The first-order valence-corrected chi connectivity index (χ1v) is 11.0. The van der Waals surface area contributed by atoms with Crippen molar-refractivity contribution in [3.63, 3.8) is 0 Å². The van der Waals surface area contributed by atoms with Gasteiger partial charge in [-0.1, -0.05) is 36.3 Å². The predicted octanol–water partition coefficient (Wildman–Crippen LogP) is 3.08. The zero-order valence-corrected chi connectivity index (χ0v) is 17.0. The highest BCUT2D eigenvalue weighted by molar-refractivity contribution is 7.91. The summed E-state index contributed by atoms with van der Waals surface area (Å²) in [4.78, 5) is 16.7. The highest BCUT2D eigenvalue weighted by atomic mass is 32.2. The maximum absolute atomic E-state index is 14.2. The molecule has 3 rings (SSSR count). The van der Waals surface area contributed by atoms with Gasteiger partial charge in [0.25, 0.3) is 5.91 Å². The van der Waals surface area contributed by atoms with Gasteiger partial charge in [-0.25, -0.2) is 17.2 Å². The normalized spacial score (nSPS) is 12.3. The van der Waals surface area contributed by atoms with Gasteiger partial charge in [-0.05, 0) is 23.8 Å². The molecule has 0 saturated carbocycles. The molecule has 0 fully saturated rings. The number of nitrogens with zero attached hydrogens (tertiary/aromatic N) is 2. The molecule has 0 saturated heterocycles. The summed E-state index contributed by atoms with van der Waals surface area (Å²) >= 11 is 0.960. The molecule has 0 aliphatic carbocycles. The zero-order chi connectivity index (χ0) is 21.2. The minimum atomic E-state index is -3.32. The standard InChI is InChI=1S/C20H16F2N2O3S2/c1-3-9-24-19-16(22)11-14(21)12-17(19)28-20(24)23-18(25)10-13-5-7-15(8-6-13)29(26,27)4-2/h1,5-8,11-12H,4,9-10H2,2H3. The quantitative estimate of drug-likeness (QED) is 0.580. The van der Waals surface area contributed by atoms with Gasteiger partial charge in [-0.3, -0.25) is 4.79 Å². The van der Waals surface area contributed by atoms with E-state index in [0.29, 0.717) is 10.3 Å². The molecular formula is C20H16F2N2O3S2. The Morgan fingerprint density at radius 2 is 1.93 bits per heavy atom. The molecule has 0 unspecified atom stereocenters. The Bertz CT molecular complexity index is 1300. The minimum Gasteiger partial charge on any atom is -0.302 e. The van der Waals surface area contributed by atoms with Crippen LogP contribution in [-0.2, 0) is 27.6 Å². The van der Waals surface area contributed by atoms with Crippen LogP contribution in [0, 0.1) is 24.0 Å². The molecule has 0 spiro atoms. The van der Waals surface area contributed by atoms with E-state index in [-0.39, 0.29) is 33.9 Å². The average molecular weight is 434 g/mol. The van der Waals surface area contributed by atoms with E-state index in [1.54, 1.807) is 19.1 Å². The predicted molar refractivity (Wildman–Crippen MR) is 107 cm³/mol. The number of thiazole rings is 1. The van der Waals surface area contributed by atoms with Gasteiger partial charge >= 0.3 is 0 Å². The maximum atomic E-state index is 14.2. The number of halogens is 2. The molecule has 0 bridgehead atoms. The lowest BCUT2D eigenvalue weighted by Gasteiger charge is -2.03. The van der Waals surface area contributed by atoms with Crippen LogP contribution in [0.2, 0.25) is 0 Å². The van der Waals surface area contributed by atoms with Crippen molar-refractivity contribution in [3.8, 4) is 12.3 Å². The SMILES string of the molecule is C#CCn1c(=NC(=O)Cc2ccc(S(=O)(=O)CC)cc2)sc2cc(F)cc(F)c21. The number of fused-ring (bicyclic) bond motifs is 1. The van der Waals surface area contributed by atoms with Crippen molar-refractivity contribution in [2.75, 3.05) is 5.75 Å². The lowest BCUT2D eigenvalue weighted by atomic mass is 10.1. The highest BCUT2D eigenvalue weighted by Crippen LogP contribution is 2.22. The van der Waals surface area contributed by atoms with Crippen molar-refractivity contribution in [3.05, 3.63) is 58.4 Å². The molecule has 1 aromatic heterocycles. The summed E-state index contributed by atoms with van der Waals surface area (Å²) in [7, 11) is -3.32. The second kappa shape index (κ2) is 8.27. The summed E-state index contributed by atoms with van der Waals surface area (Å²) in [6.45, 7) is 1.52. The Labute approximate surface area is 170 Å². The van der Waals surface area contributed by atoms with Crippen LogP contribution < -0.4 is 4.80 Å². The van der Waals surface area contributed by atoms with Crippen LogP contribution in [0.15, 0.2) is 46.3 Å². The van der Waals surface area contributed by atoms with Crippen LogP contribution >= 0.6 is 11.3 Å². The summed E-state index contributed by atoms with van der Waals surface area (Å²) in [5, 5.41) is 0. The molecule has 1 heterocycles. The smallest absolute Gasteiger partial charge is 0.252 e. The van der Waals surface area contributed by atoms with Crippen LogP contribution in [0.1, 0.15) is 12.5 Å². The average Bonchev–Trinajstić information content (AvgIpc) is 2.99. The molecule has 9 heteroatoms. The van der Waals surface area contributed by atoms with E-state index in [4.69, 9.17) is 6.42 Å². The number of benzene rings is 2. The molecule has 5 nitrogen and oxygen atoms in total. The fraction of sp³-hybridized carbons (Fsp3) is 0.200. The Balaban J connectivity index is 1.95. The number of carbonyl (C=O) groups is 1. The number of hydrogen-bond acceptors (Lipinski definition) is 4. The van der Waals surface area contributed by atoms with E-state index in [9.17, 15) is 22.0 Å². The van der Waals surface area contributed by atoms with E-state index < -0.39 is 27.4 Å². The molecular weight excluding hydrogens is 418 g/mol. The van der Waals surface area contributed by atoms with Gasteiger partial charge in [0.1, 0.15) is 5.82 Å². The van der Waals surface area contributed by atoms with Crippen molar-refractivity contribution in [1.82, 2.24) is 4.57 Å². The van der Waals surface area contributed by atoms with Crippen molar-refractivity contribution < 1.29 is 22.0 Å². The summed E-state index contributed by atoms with van der Waals surface area (Å²) in [5.41, 5.74) is 0.672. The number of rotatable bonds is 5. The first kappa shape index (κ1) is 20.9. The first-order chi connectivity index (χ1) is 13.7. The van der Waals surface area contributed by atoms with Gasteiger partial charge in [0.15, 0.2) is 20.5 Å². The van der Waals surface area contributed by atoms with Crippen LogP contribution in [-0.4, -0.2) is 24.6 Å². The summed E-state index contributed by atoms with van der Waals surface area (Å²) in [6, 6.07) is 7.89. The fourth-order valence-electron chi connectivity index (χ4n) is 2.75. The third kappa shape index (κ3) is 4.44. The number of aromatic nitrogens is 1. The number of carbonyl (C=O) groups excluding carboxylic acids is 1. The van der Waals surface area contributed by atoms with Crippen molar-refractivity contribution in [2.24, 2.45) is 4.99 Å². The number of terminal acetylenes is 1. The van der Waals surface area contributed by atoms with E-state index in [1.165, 1.54) is 16.7 Å². The van der Waals surface area contributed by atoms with Gasteiger partial charge in [0.2, 0.25) is 0 Å². The molecule has 3 aromatic rings. The topological polar surface area (TPSA) is 68.5 Å². The highest BCUT2D eigenvalue weighted by Gasteiger charge is 2.14. The van der Waals surface area contributed by atoms with Gasteiger partial charge in [0, 0.05) is 6.07 Å². The van der Waals surface area contributed by atoms with Crippen LogP contribution in [0.4, 0.5) is 8.78 Å². The summed E-state index contributed by atoms with van der Waals surface area (Å²) in [5.74, 6) is 0.324. The Morgan fingerprint density at radius 3 is 2.55 bits per heavy atom. The van der Waals surface area contributed by atoms with Crippen molar-refractivity contribution >= 4 is 37.3 Å². The second-order valence-corrected chi connectivity index (χ2v) is 9.43. The molecule has 0 N–H and O–H groups in total. The van der Waals surface area contributed by atoms with E-state index in [0.717, 1.165) is 23.5 Å². The second-order valence-electron chi connectivity index (χ2n) is 6.14. The largest absolute Gasteiger partial charge is 0.302 e. The van der Waals surface area contributed by atoms with Crippen LogP contribution in [0.25, 0.3) is 10.2 Å². The van der Waals surface area contributed by atoms with Crippen molar-refractivity contribution in [2.45, 2.75) is 24.8 Å². The lowest BCUT2D eigenvalue weighted by molar-refractivity contribution is -0.117. The molecule has 0 aliphatic heterocycles. The number of hydrogen-bond donors (Lipinski definition) is 0. The molecule has 2 aromatic carbocycles. The Kier molecular flexibility index (Phi) is 5.96.